The Morgan fingerprint density at radius 2 is 1.91 bits per heavy atom. The summed E-state index contributed by atoms with van der Waals surface area (Å²) < 4.78 is 36.5. The van der Waals surface area contributed by atoms with Gasteiger partial charge in [-0.25, -0.2) is 8.78 Å². The van der Waals surface area contributed by atoms with Gasteiger partial charge in [-0.2, -0.15) is 0 Å². The third kappa shape index (κ3) is 3.56. The van der Waals surface area contributed by atoms with Crippen molar-refractivity contribution < 1.29 is 23.0 Å². The summed E-state index contributed by atoms with van der Waals surface area (Å²) in [5.41, 5.74) is 0.581. The molecule has 1 aliphatic heterocycles. The number of hydrogen-bond acceptors (Lipinski definition) is 4. The number of hydrogen-bond donors (Lipinski definition) is 1. The van der Waals surface area contributed by atoms with E-state index in [0.717, 1.165) is 23.9 Å². The summed E-state index contributed by atoms with van der Waals surface area (Å²) in [5.74, 6) is -0.889. The van der Waals surface area contributed by atoms with Crippen molar-refractivity contribution >= 4 is 23.4 Å². The van der Waals surface area contributed by atoms with Crippen LogP contribution in [0.2, 0.25) is 0 Å². The Labute approximate surface area is 135 Å². The molecule has 0 spiro atoms. The topological polar surface area (TPSA) is 47.6 Å². The predicted octanol–water partition coefficient (Wildman–Crippen LogP) is 3.81. The molecule has 0 fully saturated rings. The van der Waals surface area contributed by atoms with Crippen molar-refractivity contribution in [2.45, 2.75) is 17.1 Å². The molecule has 2 aromatic carbocycles. The third-order valence-electron chi connectivity index (χ3n) is 3.21. The predicted molar refractivity (Wildman–Crippen MR) is 82.9 cm³/mol. The van der Waals surface area contributed by atoms with Crippen LogP contribution in [-0.4, -0.2) is 18.0 Å². The quantitative estimate of drug-likeness (QED) is 0.862. The summed E-state index contributed by atoms with van der Waals surface area (Å²) in [4.78, 5) is 12.7. The van der Waals surface area contributed by atoms with E-state index in [9.17, 15) is 13.6 Å². The van der Waals surface area contributed by atoms with Gasteiger partial charge in [0, 0.05) is 16.6 Å². The van der Waals surface area contributed by atoms with Crippen LogP contribution in [0.3, 0.4) is 0 Å². The minimum absolute atomic E-state index is 0.162. The molecule has 1 heterocycles. The van der Waals surface area contributed by atoms with E-state index in [4.69, 9.17) is 9.47 Å². The number of anilines is 1. The number of halogens is 2. The first-order valence-corrected chi connectivity index (χ1v) is 7.73. The molecule has 0 saturated heterocycles. The smallest absolute Gasteiger partial charge is 0.237 e. The average Bonchev–Trinajstić information content (AvgIpc) is 2.98. The number of benzene rings is 2. The zero-order valence-corrected chi connectivity index (χ0v) is 13.0. The van der Waals surface area contributed by atoms with E-state index < -0.39 is 16.9 Å². The lowest BCUT2D eigenvalue weighted by Crippen LogP contribution is -2.22. The number of carbonyl (C=O) groups excluding carboxylic acids is 1. The molecular weight excluding hydrogens is 324 g/mol. The van der Waals surface area contributed by atoms with Gasteiger partial charge in [0.25, 0.3) is 0 Å². The zero-order chi connectivity index (χ0) is 16.4. The third-order valence-corrected chi connectivity index (χ3v) is 4.31. The number of fused-ring (bicyclic) bond motifs is 1. The highest BCUT2D eigenvalue weighted by atomic mass is 32.2. The summed E-state index contributed by atoms with van der Waals surface area (Å²) in [6.45, 7) is 1.85. The maximum absolute atomic E-state index is 13.2. The Morgan fingerprint density at radius 3 is 2.70 bits per heavy atom. The largest absolute Gasteiger partial charge is 0.454 e. The number of carbonyl (C=O) groups is 1. The second kappa shape index (κ2) is 6.45. The molecule has 0 aliphatic carbocycles. The number of ether oxygens (including phenoxy) is 2. The lowest BCUT2D eigenvalue weighted by molar-refractivity contribution is -0.115. The zero-order valence-electron chi connectivity index (χ0n) is 12.1. The molecule has 1 aliphatic rings. The van der Waals surface area contributed by atoms with Gasteiger partial charge in [-0.15, -0.1) is 11.8 Å². The van der Waals surface area contributed by atoms with Gasteiger partial charge in [0.15, 0.2) is 23.1 Å². The molecule has 3 rings (SSSR count). The summed E-state index contributed by atoms with van der Waals surface area (Å²) in [5, 5.41) is 2.27. The van der Waals surface area contributed by atoms with E-state index in [0.29, 0.717) is 22.1 Å². The van der Waals surface area contributed by atoms with Gasteiger partial charge in [0.1, 0.15) is 0 Å². The van der Waals surface area contributed by atoms with Crippen LogP contribution in [0.5, 0.6) is 11.5 Å². The van der Waals surface area contributed by atoms with Crippen molar-refractivity contribution in [3.05, 3.63) is 48.0 Å². The second-order valence-corrected chi connectivity index (χ2v) is 6.31. The Bertz CT molecular complexity index is 754. The van der Waals surface area contributed by atoms with Gasteiger partial charge in [-0.05, 0) is 37.3 Å². The van der Waals surface area contributed by atoms with E-state index in [1.54, 1.807) is 25.1 Å². The molecule has 4 nitrogen and oxygen atoms in total. The number of rotatable bonds is 4. The van der Waals surface area contributed by atoms with Gasteiger partial charge in [0.05, 0.1) is 5.25 Å². The van der Waals surface area contributed by atoms with Gasteiger partial charge in [-0.3, -0.25) is 4.79 Å². The Morgan fingerprint density at radius 1 is 1.13 bits per heavy atom. The summed E-state index contributed by atoms with van der Waals surface area (Å²) in [6.07, 6.45) is 0. The van der Waals surface area contributed by atoms with Crippen LogP contribution in [0.1, 0.15) is 6.92 Å². The van der Waals surface area contributed by atoms with E-state index in [2.05, 4.69) is 5.32 Å². The van der Waals surface area contributed by atoms with E-state index >= 15 is 0 Å². The second-order valence-electron chi connectivity index (χ2n) is 4.89. The molecule has 120 valence electrons. The van der Waals surface area contributed by atoms with Crippen LogP contribution >= 0.6 is 11.8 Å². The fraction of sp³-hybridized carbons (Fsp3) is 0.188. The Hall–Kier alpha value is -2.28. The highest BCUT2D eigenvalue weighted by Gasteiger charge is 2.18. The monoisotopic (exact) mass is 337 g/mol. The highest BCUT2D eigenvalue weighted by molar-refractivity contribution is 8.00. The lowest BCUT2D eigenvalue weighted by atomic mass is 10.2. The number of nitrogens with one attached hydrogen (secondary N) is 1. The van der Waals surface area contributed by atoms with Crippen LogP contribution in [0, 0.1) is 11.6 Å². The van der Waals surface area contributed by atoms with Crippen molar-refractivity contribution in [1.29, 1.82) is 0 Å². The molecular formula is C16H13F2NO3S. The number of thioether (sulfide) groups is 1. The highest BCUT2D eigenvalue weighted by Crippen LogP contribution is 2.34. The Balaban J connectivity index is 1.64. The molecule has 1 atom stereocenters. The molecule has 0 bridgehead atoms. The van der Waals surface area contributed by atoms with Gasteiger partial charge >= 0.3 is 0 Å². The SMILES string of the molecule is C[C@@H](Sc1ccc(F)c(F)c1)C(=O)Nc1ccc2c(c1)OCO2. The van der Waals surface area contributed by atoms with Crippen LogP contribution in [0.15, 0.2) is 41.3 Å². The van der Waals surface area contributed by atoms with Crippen LogP contribution < -0.4 is 14.8 Å². The Kier molecular flexibility index (Phi) is 4.38. The molecule has 0 unspecified atom stereocenters. The molecule has 7 heteroatoms. The number of amides is 1. The van der Waals surface area contributed by atoms with Crippen molar-refractivity contribution in [1.82, 2.24) is 0 Å². The van der Waals surface area contributed by atoms with Crippen LogP contribution in [0.25, 0.3) is 0 Å². The molecule has 0 saturated carbocycles. The molecule has 1 N–H and O–H groups in total. The van der Waals surface area contributed by atoms with Crippen molar-refractivity contribution in [2.24, 2.45) is 0 Å². The van der Waals surface area contributed by atoms with E-state index in [1.165, 1.54) is 6.07 Å². The van der Waals surface area contributed by atoms with E-state index in [1.807, 2.05) is 0 Å². The fourth-order valence-corrected chi connectivity index (χ4v) is 2.92. The first kappa shape index (κ1) is 15.6. The molecule has 23 heavy (non-hydrogen) atoms. The average molecular weight is 337 g/mol. The standard InChI is InChI=1S/C16H13F2NO3S/c1-9(23-11-3-4-12(17)13(18)7-11)16(20)19-10-2-5-14-15(6-10)22-8-21-14/h2-7,9H,8H2,1H3,(H,19,20)/t9-/m1/s1. The first-order chi connectivity index (χ1) is 11.0. The molecule has 1 amide bonds. The maximum atomic E-state index is 13.2. The first-order valence-electron chi connectivity index (χ1n) is 6.85. The van der Waals surface area contributed by atoms with E-state index in [-0.39, 0.29) is 12.7 Å². The van der Waals surface area contributed by atoms with Crippen LogP contribution in [-0.2, 0) is 4.79 Å². The van der Waals surface area contributed by atoms with Crippen molar-refractivity contribution in [3.63, 3.8) is 0 Å². The van der Waals surface area contributed by atoms with Gasteiger partial charge < -0.3 is 14.8 Å². The normalized spacial score (nSPS) is 13.7. The maximum Gasteiger partial charge on any atom is 0.237 e. The fourth-order valence-electron chi connectivity index (χ4n) is 2.03. The minimum Gasteiger partial charge on any atom is -0.454 e. The van der Waals surface area contributed by atoms with Gasteiger partial charge in [-0.1, -0.05) is 0 Å². The minimum atomic E-state index is -0.932. The van der Waals surface area contributed by atoms with Crippen molar-refractivity contribution in [2.75, 3.05) is 12.1 Å². The molecule has 0 radical (unpaired) electrons. The summed E-state index contributed by atoms with van der Waals surface area (Å²) in [7, 11) is 0. The van der Waals surface area contributed by atoms with Crippen molar-refractivity contribution in [3.8, 4) is 11.5 Å². The summed E-state index contributed by atoms with van der Waals surface area (Å²) in [6, 6.07) is 8.65. The lowest BCUT2D eigenvalue weighted by Gasteiger charge is -2.12. The van der Waals surface area contributed by atoms with Crippen LogP contribution in [0.4, 0.5) is 14.5 Å². The van der Waals surface area contributed by atoms with Gasteiger partial charge in [0.2, 0.25) is 12.7 Å². The molecule has 2 aromatic rings. The molecule has 0 aromatic heterocycles. The summed E-state index contributed by atoms with van der Waals surface area (Å²) >= 11 is 1.14.